The van der Waals surface area contributed by atoms with Crippen molar-refractivity contribution in [2.24, 2.45) is 0 Å². The summed E-state index contributed by atoms with van der Waals surface area (Å²) in [6, 6.07) is 19.0. The zero-order valence-electron chi connectivity index (χ0n) is 24.2. The van der Waals surface area contributed by atoms with E-state index < -0.39 is 33.4 Å². The minimum Gasteiger partial charge on any atom is -0.495 e. The summed E-state index contributed by atoms with van der Waals surface area (Å²) >= 11 is 3.40. The molecule has 0 saturated carbocycles. The average Bonchev–Trinajstić information content (AvgIpc) is 2.98. The molecule has 1 atom stereocenters. The van der Waals surface area contributed by atoms with Gasteiger partial charge < -0.3 is 15.0 Å². The van der Waals surface area contributed by atoms with Crippen LogP contribution in [0.1, 0.15) is 30.9 Å². The second-order valence-corrected chi connectivity index (χ2v) is 12.7. The van der Waals surface area contributed by atoms with Gasteiger partial charge in [0.05, 0.1) is 18.3 Å². The molecule has 3 aromatic carbocycles. The van der Waals surface area contributed by atoms with Gasteiger partial charge in [0.1, 0.15) is 24.0 Å². The minimum absolute atomic E-state index is 0.00842. The van der Waals surface area contributed by atoms with Gasteiger partial charge in [0, 0.05) is 36.1 Å². The molecule has 2 amide bonds. The van der Waals surface area contributed by atoms with Gasteiger partial charge in [0.2, 0.25) is 21.8 Å². The summed E-state index contributed by atoms with van der Waals surface area (Å²) in [7, 11) is -2.85. The van der Waals surface area contributed by atoms with Crippen LogP contribution in [0.2, 0.25) is 0 Å². The summed E-state index contributed by atoms with van der Waals surface area (Å²) in [5.74, 6) is -1.02. The molecule has 0 heterocycles. The maximum atomic E-state index is 14.2. The first-order chi connectivity index (χ1) is 20.4. The number of ether oxygens (including phenoxy) is 1. The van der Waals surface area contributed by atoms with Crippen molar-refractivity contribution in [1.29, 1.82) is 0 Å². The lowest BCUT2D eigenvalue weighted by molar-refractivity contribution is -0.384. The lowest BCUT2D eigenvalue weighted by Crippen LogP contribution is -2.53. The van der Waals surface area contributed by atoms with Gasteiger partial charge in [-0.15, -0.1) is 0 Å². The molecule has 1 N–H and O–H groups in total. The highest BCUT2D eigenvalue weighted by Crippen LogP contribution is 2.34. The van der Waals surface area contributed by atoms with Crippen molar-refractivity contribution >= 4 is 49.1 Å². The highest BCUT2D eigenvalue weighted by atomic mass is 79.9. The predicted molar refractivity (Wildman–Crippen MR) is 168 cm³/mol. The van der Waals surface area contributed by atoms with Crippen molar-refractivity contribution in [2.45, 2.75) is 38.8 Å². The molecule has 11 nitrogen and oxygen atoms in total. The molecule has 3 rings (SSSR count). The number of hydrogen-bond acceptors (Lipinski definition) is 7. The number of carbonyl (C=O) groups is 2. The van der Waals surface area contributed by atoms with Gasteiger partial charge in [0.25, 0.3) is 5.69 Å². The van der Waals surface area contributed by atoms with Crippen LogP contribution < -0.4 is 14.4 Å². The molecule has 0 radical (unpaired) electrons. The number of unbranched alkanes of at least 4 members (excludes halogenated alkanes) is 1. The Morgan fingerprint density at radius 3 is 2.30 bits per heavy atom. The number of methoxy groups -OCH3 is 1. The predicted octanol–water partition coefficient (Wildman–Crippen LogP) is 4.69. The maximum Gasteiger partial charge on any atom is 0.271 e. The van der Waals surface area contributed by atoms with Crippen LogP contribution in [0.3, 0.4) is 0 Å². The van der Waals surface area contributed by atoms with Crippen LogP contribution in [-0.2, 0) is 32.6 Å². The first-order valence-electron chi connectivity index (χ1n) is 13.6. The van der Waals surface area contributed by atoms with Crippen LogP contribution in [0, 0.1) is 10.1 Å². The van der Waals surface area contributed by atoms with Gasteiger partial charge in [-0.3, -0.25) is 24.0 Å². The number of nitro groups is 1. The molecule has 0 aliphatic heterocycles. The minimum atomic E-state index is -4.15. The van der Waals surface area contributed by atoms with E-state index in [9.17, 15) is 28.1 Å². The van der Waals surface area contributed by atoms with Crippen molar-refractivity contribution in [2.75, 3.05) is 30.8 Å². The van der Waals surface area contributed by atoms with E-state index in [0.717, 1.165) is 45.1 Å². The number of anilines is 1. The van der Waals surface area contributed by atoms with Gasteiger partial charge in [-0.05, 0) is 35.7 Å². The third-order valence-electron chi connectivity index (χ3n) is 6.69. The molecule has 0 bridgehead atoms. The fourth-order valence-corrected chi connectivity index (χ4v) is 5.54. The van der Waals surface area contributed by atoms with E-state index in [-0.39, 0.29) is 36.0 Å². The number of nitrogens with one attached hydrogen (secondary N) is 1. The van der Waals surface area contributed by atoms with Gasteiger partial charge in [0.15, 0.2) is 0 Å². The molecule has 0 saturated heterocycles. The summed E-state index contributed by atoms with van der Waals surface area (Å²) in [6.45, 7) is 1.70. The van der Waals surface area contributed by atoms with E-state index in [1.807, 2.05) is 49.4 Å². The number of hydrogen-bond donors (Lipinski definition) is 1. The largest absolute Gasteiger partial charge is 0.495 e. The fourth-order valence-electron chi connectivity index (χ4n) is 4.43. The van der Waals surface area contributed by atoms with Crippen LogP contribution in [-0.4, -0.2) is 62.6 Å². The highest BCUT2D eigenvalue weighted by molar-refractivity contribution is 9.10. The quantitative estimate of drug-likeness (QED) is 0.140. The number of nitrogens with zero attached hydrogens (tertiary/aromatic N) is 3. The Bertz CT molecular complexity index is 1520. The Morgan fingerprint density at radius 1 is 1.05 bits per heavy atom. The van der Waals surface area contributed by atoms with Crippen molar-refractivity contribution in [1.82, 2.24) is 10.2 Å². The number of non-ortho nitro benzene ring substituents is 1. The zero-order chi connectivity index (χ0) is 31.6. The summed E-state index contributed by atoms with van der Waals surface area (Å²) in [5, 5.41) is 14.4. The van der Waals surface area contributed by atoms with E-state index in [4.69, 9.17) is 4.74 Å². The maximum absolute atomic E-state index is 14.2. The first-order valence-corrected chi connectivity index (χ1v) is 16.2. The smallest absolute Gasteiger partial charge is 0.271 e. The topological polar surface area (TPSA) is 139 Å². The average molecular weight is 676 g/mol. The molecule has 43 heavy (non-hydrogen) atoms. The third kappa shape index (κ3) is 9.52. The normalized spacial score (nSPS) is 11.8. The Kier molecular flexibility index (Phi) is 12.1. The van der Waals surface area contributed by atoms with Crippen LogP contribution in [0.15, 0.2) is 77.3 Å². The standard InChI is InChI=1S/C30H35BrN4O7S/c1-4-5-17-32-30(37)27(18-22-9-7-6-8-10-22)33(20-23-11-13-24(31)14-12-23)29(36)21-34(43(3,40)41)26-19-25(35(38)39)15-16-28(26)42-2/h6-16,19,27H,4-5,17-18,20-21H2,1-3H3,(H,32,37). The fraction of sp³-hybridized carbons (Fsp3) is 0.333. The van der Waals surface area contributed by atoms with Crippen molar-refractivity contribution in [3.8, 4) is 5.75 Å². The van der Waals surface area contributed by atoms with Gasteiger partial charge in [-0.25, -0.2) is 8.42 Å². The molecule has 230 valence electrons. The lowest BCUT2D eigenvalue weighted by atomic mass is 10.0. The molecule has 0 fully saturated rings. The van der Waals surface area contributed by atoms with Gasteiger partial charge in [-0.2, -0.15) is 0 Å². The SMILES string of the molecule is CCCCNC(=O)C(Cc1ccccc1)N(Cc1ccc(Br)cc1)C(=O)CN(c1cc([N+](=O)[O-])ccc1OC)S(C)(=O)=O. The molecular weight excluding hydrogens is 640 g/mol. The van der Waals surface area contributed by atoms with E-state index in [2.05, 4.69) is 21.2 Å². The summed E-state index contributed by atoms with van der Waals surface area (Å²) < 4.78 is 33.0. The van der Waals surface area contributed by atoms with E-state index >= 15 is 0 Å². The molecular formula is C30H35BrN4O7S. The summed E-state index contributed by atoms with van der Waals surface area (Å²) in [5.41, 5.74) is 0.992. The molecule has 0 aliphatic carbocycles. The van der Waals surface area contributed by atoms with E-state index in [1.165, 1.54) is 24.1 Å². The number of halogens is 1. The van der Waals surface area contributed by atoms with Crippen molar-refractivity contribution in [3.05, 3.63) is 98.5 Å². The Balaban J connectivity index is 2.10. The molecule has 1 unspecified atom stereocenters. The monoisotopic (exact) mass is 674 g/mol. The Morgan fingerprint density at radius 2 is 1.72 bits per heavy atom. The number of rotatable bonds is 15. The Labute approximate surface area is 260 Å². The lowest BCUT2D eigenvalue weighted by Gasteiger charge is -2.33. The van der Waals surface area contributed by atoms with Gasteiger partial charge >= 0.3 is 0 Å². The number of carbonyl (C=O) groups excluding carboxylic acids is 2. The molecule has 13 heteroatoms. The van der Waals surface area contributed by atoms with E-state index in [1.54, 1.807) is 12.1 Å². The molecule has 0 aliphatic rings. The van der Waals surface area contributed by atoms with Gasteiger partial charge in [-0.1, -0.05) is 71.7 Å². The number of benzene rings is 3. The number of amides is 2. The van der Waals surface area contributed by atoms with Crippen molar-refractivity contribution in [3.63, 3.8) is 0 Å². The Hall–Kier alpha value is -3.97. The van der Waals surface area contributed by atoms with Crippen LogP contribution >= 0.6 is 15.9 Å². The second kappa shape index (κ2) is 15.5. The number of sulfonamides is 1. The van der Waals surface area contributed by atoms with Crippen LogP contribution in [0.4, 0.5) is 11.4 Å². The van der Waals surface area contributed by atoms with Crippen molar-refractivity contribution < 1.29 is 27.7 Å². The second-order valence-electron chi connectivity index (χ2n) is 9.88. The highest BCUT2D eigenvalue weighted by Gasteiger charge is 2.34. The first kappa shape index (κ1) is 33.5. The third-order valence-corrected chi connectivity index (χ3v) is 8.34. The molecule has 0 aromatic heterocycles. The summed E-state index contributed by atoms with van der Waals surface area (Å²) in [4.78, 5) is 40.0. The van der Waals surface area contributed by atoms with Crippen LogP contribution in [0.5, 0.6) is 5.75 Å². The molecule has 3 aromatic rings. The molecule has 0 spiro atoms. The van der Waals surface area contributed by atoms with Crippen LogP contribution in [0.25, 0.3) is 0 Å². The van der Waals surface area contributed by atoms with E-state index in [0.29, 0.717) is 6.54 Å². The summed E-state index contributed by atoms with van der Waals surface area (Å²) in [6.07, 6.45) is 2.69. The number of nitro benzene ring substituents is 1. The zero-order valence-corrected chi connectivity index (χ0v) is 26.6.